The van der Waals surface area contributed by atoms with Gasteiger partial charge in [0.15, 0.2) is 6.61 Å². The van der Waals surface area contributed by atoms with E-state index in [0.29, 0.717) is 5.75 Å². The molecule has 0 aromatic heterocycles. The first-order valence-corrected chi connectivity index (χ1v) is 6.27. The van der Waals surface area contributed by atoms with E-state index in [0.717, 1.165) is 11.1 Å². The van der Waals surface area contributed by atoms with E-state index < -0.39 is 17.9 Å². The number of ether oxygens (including phenoxy) is 1. The van der Waals surface area contributed by atoms with Crippen LogP contribution in [0.15, 0.2) is 18.2 Å². The van der Waals surface area contributed by atoms with Crippen molar-refractivity contribution >= 4 is 11.9 Å². The highest BCUT2D eigenvalue weighted by molar-refractivity contribution is 5.84. The normalized spacial score (nSPS) is 11.8. The van der Waals surface area contributed by atoms with E-state index in [1.54, 1.807) is 6.07 Å². The standard InChI is InChI=1S/C14H19NO5/c1-9-4-3-5-12(10(9)2)20-8-13(17)15-11(6-7-16)14(18)19/h3-5,11,16H,6-8H2,1-2H3,(H,15,17)(H,18,19). The Morgan fingerprint density at radius 3 is 2.65 bits per heavy atom. The molecule has 0 spiro atoms. The van der Waals surface area contributed by atoms with Crippen LogP contribution < -0.4 is 10.1 Å². The molecule has 1 aromatic carbocycles. The van der Waals surface area contributed by atoms with Crippen LogP contribution in [0.5, 0.6) is 5.75 Å². The lowest BCUT2D eigenvalue weighted by molar-refractivity contribution is -0.142. The van der Waals surface area contributed by atoms with Gasteiger partial charge in [0.2, 0.25) is 0 Å². The van der Waals surface area contributed by atoms with Crippen LogP contribution in [0.25, 0.3) is 0 Å². The number of aliphatic carboxylic acids is 1. The monoisotopic (exact) mass is 281 g/mol. The van der Waals surface area contributed by atoms with Crippen LogP contribution in [0.2, 0.25) is 0 Å². The minimum absolute atomic E-state index is 0.0372. The Hall–Kier alpha value is -2.08. The smallest absolute Gasteiger partial charge is 0.326 e. The van der Waals surface area contributed by atoms with Gasteiger partial charge in [0.25, 0.3) is 5.91 Å². The number of carbonyl (C=O) groups excluding carboxylic acids is 1. The van der Waals surface area contributed by atoms with Gasteiger partial charge in [-0.05, 0) is 31.0 Å². The Balaban J connectivity index is 2.54. The highest BCUT2D eigenvalue weighted by Crippen LogP contribution is 2.20. The number of carboxylic acids is 1. The number of aliphatic hydroxyl groups excluding tert-OH is 1. The molecule has 1 atom stereocenters. The molecule has 3 N–H and O–H groups in total. The van der Waals surface area contributed by atoms with Crippen molar-refractivity contribution in [2.75, 3.05) is 13.2 Å². The maximum Gasteiger partial charge on any atom is 0.326 e. The number of carbonyl (C=O) groups is 2. The van der Waals surface area contributed by atoms with Gasteiger partial charge in [-0.25, -0.2) is 4.79 Å². The number of aryl methyl sites for hydroxylation is 1. The Kier molecular flexibility index (Phi) is 5.99. The molecule has 6 nitrogen and oxygen atoms in total. The summed E-state index contributed by atoms with van der Waals surface area (Å²) in [5, 5.41) is 19.9. The third kappa shape index (κ3) is 4.55. The zero-order valence-corrected chi connectivity index (χ0v) is 11.5. The van der Waals surface area contributed by atoms with Crippen LogP contribution in [-0.4, -0.2) is 41.3 Å². The quantitative estimate of drug-likeness (QED) is 0.681. The molecule has 0 bridgehead atoms. The molecule has 6 heteroatoms. The molecule has 1 amide bonds. The first kappa shape index (κ1) is 16.0. The average Bonchev–Trinajstić information content (AvgIpc) is 2.40. The number of rotatable bonds is 7. The summed E-state index contributed by atoms with van der Waals surface area (Å²) in [5.74, 6) is -1.12. The molecule has 1 aromatic rings. The molecule has 0 saturated carbocycles. The van der Waals surface area contributed by atoms with Crippen molar-refractivity contribution in [1.29, 1.82) is 0 Å². The van der Waals surface area contributed by atoms with Crippen molar-refractivity contribution in [3.8, 4) is 5.75 Å². The number of benzene rings is 1. The highest BCUT2D eigenvalue weighted by Gasteiger charge is 2.19. The van der Waals surface area contributed by atoms with Gasteiger partial charge in [0, 0.05) is 13.0 Å². The topological polar surface area (TPSA) is 95.9 Å². The Labute approximate surface area is 117 Å². The van der Waals surface area contributed by atoms with Crippen LogP contribution in [-0.2, 0) is 9.59 Å². The summed E-state index contributed by atoms with van der Waals surface area (Å²) in [5.41, 5.74) is 1.98. The zero-order chi connectivity index (χ0) is 15.1. The fraction of sp³-hybridized carbons (Fsp3) is 0.429. The molecule has 0 aliphatic carbocycles. The third-order valence-electron chi connectivity index (χ3n) is 2.96. The number of carboxylic acid groups (broad SMARTS) is 1. The van der Waals surface area contributed by atoms with E-state index in [1.807, 2.05) is 26.0 Å². The van der Waals surface area contributed by atoms with Gasteiger partial charge in [-0.3, -0.25) is 4.79 Å². The molecular formula is C14H19NO5. The molecule has 0 saturated heterocycles. The van der Waals surface area contributed by atoms with Gasteiger partial charge in [0.1, 0.15) is 11.8 Å². The fourth-order valence-electron chi connectivity index (χ4n) is 1.65. The fourth-order valence-corrected chi connectivity index (χ4v) is 1.65. The summed E-state index contributed by atoms with van der Waals surface area (Å²) in [6.45, 7) is 3.24. The minimum Gasteiger partial charge on any atom is -0.483 e. The van der Waals surface area contributed by atoms with E-state index >= 15 is 0 Å². The molecule has 1 rings (SSSR count). The molecule has 1 unspecified atom stereocenters. The van der Waals surface area contributed by atoms with Gasteiger partial charge in [-0.1, -0.05) is 12.1 Å². The van der Waals surface area contributed by atoms with Gasteiger partial charge >= 0.3 is 5.97 Å². The van der Waals surface area contributed by atoms with Gasteiger partial charge < -0.3 is 20.3 Å². The average molecular weight is 281 g/mol. The van der Waals surface area contributed by atoms with E-state index in [4.69, 9.17) is 14.9 Å². The molecule has 0 heterocycles. The van der Waals surface area contributed by atoms with Crippen molar-refractivity contribution in [3.63, 3.8) is 0 Å². The summed E-state index contributed by atoms with van der Waals surface area (Å²) in [6, 6.07) is 4.40. The number of aliphatic hydroxyl groups is 1. The maximum atomic E-state index is 11.6. The number of nitrogens with one attached hydrogen (secondary N) is 1. The minimum atomic E-state index is -1.18. The number of hydrogen-bond acceptors (Lipinski definition) is 4. The second kappa shape index (κ2) is 7.49. The molecule has 0 radical (unpaired) electrons. The van der Waals surface area contributed by atoms with E-state index in [-0.39, 0.29) is 19.6 Å². The van der Waals surface area contributed by atoms with E-state index in [2.05, 4.69) is 5.32 Å². The van der Waals surface area contributed by atoms with Crippen LogP contribution >= 0.6 is 0 Å². The Morgan fingerprint density at radius 1 is 1.35 bits per heavy atom. The third-order valence-corrected chi connectivity index (χ3v) is 2.96. The summed E-state index contributed by atoms with van der Waals surface area (Å²) in [6.07, 6.45) is -0.0372. The van der Waals surface area contributed by atoms with Crippen LogP contribution in [0.3, 0.4) is 0 Å². The predicted octanol–water partition coefficient (Wildman–Crippen LogP) is 0.634. The van der Waals surface area contributed by atoms with Crippen molar-refractivity contribution in [2.24, 2.45) is 0 Å². The number of hydrogen-bond donors (Lipinski definition) is 3. The molecule has 0 aliphatic rings. The van der Waals surface area contributed by atoms with Crippen LogP contribution in [0.4, 0.5) is 0 Å². The second-order valence-electron chi connectivity index (χ2n) is 4.46. The largest absolute Gasteiger partial charge is 0.483 e. The van der Waals surface area contributed by atoms with Gasteiger partial charge in [0.05, 0.1) is 0 Å². The number of amides is 1. The highest BCUT2D eigenvalue weighted by atomic mass is 16.5. The first-order valence-electron chi connectivity index (χ1n) is 6.27. The van der Waals surface area contributed by atoms with E-state index in [9.17, 15) is 9.59 Å². The molecule has 20 heavy (non-hydrogen) atoms. The summed E-state index contributed by atoms with van der Waals surface area (Å²) in [4.78, 5) is 22.5. The van der Waals surface area contributed by atoms with Crippen LogP contribution in [0, 0.1) is 13.8 Å². The molecule has 0 fully saturated rings. The van der Waals surface area contributed by atoms with E-state index in [1.165, 1.54) is 0 Å². The van der Waals surface area contributed by atoms with Crippen molar-refractivity contribution in [2.45, 2.75) is 26.3 Å². The van der Waals surface area contributed by atoms with Gasteiger partial charge in [-0.2, -0.15) is 0 Å². The Bertz CT molecular complexity index is 486. The maximum absolute atomic E-state index is 11.6. The summed E-state index contributed by atoms with van der Waals surface area (Å²) >= 11 is 0. The van der Waals surface area contributed by atoms with Crippen molar-refractivity contribution in [3.05, 3.63) is 29.3 Å². The summed E-state index contributed by atoms with van der Waals surface area (Å²) < 4.78 is 5.37. The molecule has 0 aliphatic heterocycles. The first-order chi connectivity index (χ1) is 9.45. The van der Waals surface area contributed by atoms with Crippen LogP contribution in [0.1, 0.15) is 17.5 Å². The predicted molar refractivity (Wildman–Crippen MR) is 72.7 cm³/mol. The molecular weight excluding hydrogens is 262 g/mol. The van der Waals surface area contributed by atoms with Gasteiger partial charge in [-0.15, -0.1) is 0 Å². The SMILES string of the molecule is Cc1cccc(OCC(=O)NC(CCO)C(=O)O)c1C. The molecule has 110 valence electrons. The second-order valence-corrected chi connectivity index (χ2v) is 4.46. The lowest BCUT2D eigenvalue weighted by atomic mass is 10.1. The Morgan fingerprint density at radius 2 is 2.05 bits per heavy atom. The lowest BCUT2D eigenvalue weighted by Gasteiger charge is -2.14. The lowest BCUT2D eigenvalue weighted by Crippen LogP contribution is -2.43. The zero-order valence-electron chi connectivity index (χ0n) is 11.5. The van der Waals surface area contributed by atoms with Crippen molar-refractivity contribution < 1.29 is 24.5 Å². The summed E-state index contributed by atoms with van der Waals surface area (Å²) in [7, 11) is 0. The van der Waals surface area contributed by atoms with Crippen molar-refractivity contribution in [1.82, 2.24) is 5.32 Å².